The number of hydrogen-bond donors (Lipinski definition) is 0. The maximum Gasteiger partial charge on any atom is 0.164 e. The molecule has 0 spiro atoms. The van der Waals surface area contributed by atoms with Crippen LogP contribution in [0.5, 0.6) is 0 Å². The van der Waals surface area contributed by atoms with E-state index in [1.165, 1.54) is 0 Å². The van der Waals surface area contributed by atoms with E-state index in [1.54, 1.807) is 44.2 Å². The second kappa shape index (κ2) is 5.35. The quantitative estimate of drug-likeness (QED) is 0.869. The normalized spacial score (nSPS) is 13.4. The molecule has 1 atom stereocenters. The van der Waals surface area contributed by atoms with E-state index in [0.29, 0.717) is 22.0 Å². The fourth-order valence-electron chi connectivity index (χ4n) is 1.81. The summed E-state index contributed by atoms with van der Waals surface area (Å²) in [5.41, 5.74) is 1.26. The van der Waals surface area contributed by atoms with Crippen LogP contribution >= 0.6 is 11.6 Å². The van der Waals surface area contributed by atoms with E-state index < -0.39 is 15.1 Å². The molecule has 0 aliphatic heterocycles. The maximum atomic E-state index is 12.3. The van der Waals surface area contributed by atoms with E-state index in [2.05, 4.69) is 5.16 Å². The van der Waals surface area contributed by atoms with Gasteiger partial charge in [-0.15, -0.1) is 0 Å². The number of hydrogen-bond acceptors (Lipinski definition) is 4. The molecule has 0 saturated carbocycles. The summed E-state index contributed by atoms with van der Waals surface area (Å²) in [6.45, 7) is 3.37. The predicted molar refractivity (Wildman–Crippen MR) is 73.7 cm³/mol. The summed E-state index contributed by atoms with van der Waals surface area (Å²) in [6, 6.07) is 8.56. The molecule has 1 aromatic heterocycles. The first-order valence-corrected chi connectivity index (χ1v) is 7.87. The fourth-order valence-corrected chi connectivity index (χ4v) is 3.54. The lowest BCUT2D eigenvalue weighted by molar-refractivity contribution is 0.388. The van der Waals surface area contributed by atoms with Crippen LogP contribution in [0.4, 0.5) is 0 Å². The second-order valence-corrected chi connectivity index (χ2v) is 7.13. The summed E-state index contributed by atoms with van der Waals surface area (Å²) >= 11 is 6.03. The van der Waals surface area contributed by atoms with E-state index >= 15 is 0 Å². The van der Waals surface area contributed by atoms with Crippen LogP contribution in [0.15, 0.2) is 34.9 Å². The molecule has 4 nitrogen and oxygen atoms in total. The van der Waals surface area contributed by atoms with Crippen molar-refractivity contribution in [1.82, 2.24) is 5.16 Å². The Morgan fingerprint density at radius 3 is 2.63 bits per heavy atom. The van der Waals surface area contributed by atoms with Crippen LogP contribution in [-0.2, 0) is 15.6 Å². The van der Waals surface area contributed by atoms with Gasteiger partial charge in [-0.2, -0.15) is 0 Å². The Bertz CT molecular complexity index is 679. The van der Waals surface area contributed by atoms with Crippen molar-refractivity contribution >= 4 is 21.4 Å². The minimum atomic E-state index is -3.39. The van der Waals surface area contributed by atoms with E-state index in [1.807, 2.05) is 0 Å². The molecule has 0 saturated heterocycles. The molecule has 6 heteroatoms. The summed E-state index contributed by atoms with van der Waals surface area (Å²) in [5.74, 6) is 0.164. The van der Waals surface area contributed by atoms with Gasteiger partial charge in [0.1, 0.15) is 5.75 Å². The van der Waals surface area contributed by atoms with Crippen molar-refractivity contribution in [3.63, 3.8) is 0 Å². The fraction of sp³-hybridized carbons (Fsp3) is 0.308. The average molecular weight is 300 g/mol. The lowest BCUT2D eigenvalue weighted by atomic mass is 10.2. The smallest absolute Gasteiger partial charge is 0.164 e. The molecule has 102 valence electrons. The van der Waals surface area contributed by atoms with Crippen LogP contribution in [0.3, 0.4) is 0 Å². The Morgan fingerprint density at radius 1 is 1.37 bits per heavy atom. The van der Waals surface area contributed by atoms with Gasteiger partial charge in [0.15, 0.2) is 15.6 Å². The van der Waals surface area contributed by atoms with Crippen LogP contribution in [-0.4, -0.2) is 13.6 Å². The van der Waals surface area contributed by atoms with Gasteiger partial charge in [-0.25, -0.2) is 8.42 Å². The molecule has 0 unspecified atom stereocenters. The first kappa shape index (κ1) is 14.1. The topological polar surface area (TPSA) is 60.2 Å². The number of nitrogens with zero attached hydrogens (tertiary/aromatic N) is 1. The third kappa shape index (κ3) is 3.16. The van der Waals surface area contributed by atoms with Gasteiger partial charge in [0.2, 0.25) is 0 Å². The zero-order valence-corrected chi connectivity index (χ0v) is 12.2. The third-order valence-electron chi connectivity index (χ3n) is 2.90. The second-order valence-electron chi connectivity index (χ2n) is 4.41. The van der Waals surface area contributed by atoms with Gasteiger partial charge in [0.05, 0.1) is 10.9 Å². The van der Waals surface area contributed by atoms with Crippen molar-refractivity contribution in [2.75, 3.05) is 0 Å². The highest BCUT2D eigenvalue weighted by Crippen LogP contribution is 2.30. The van der Waals surface area contributed by atoms with Gasteiger partial charge in [-0.3, -0.25) is 0 Å². The van der Waals surface area contributed by atoms with Gasteiger partial charge >= 0.3 is 0 Å². The Kier molecular flexibility index (Phi) is 3.96. The van der Waals surface area contributed by atoms with Crippen LogP contribution in [0.1, 0.15) is 29.2 Å². The molecule has 1 aromatic carbocycles. The third-order valence-corrected chi connectivity index (χ3v) is 5.26. The number of halogens is 1. The van der Waals surface area contributed by atoms with Crippen molar-refractivity contribution in [2.24, 2.45) is 0 Å². The number of sulfone groups is 1. The highest BCUT2D eigenvalue weighted by molar-refractivity contribution is 7.90. The lowest BCUT2D eigenvalue weighted by Crippen LogP contribution is -2.13. The Balaban J connectivity index is 2.27. The number of benzene rings is 1. The molecular weight excluding hydrogens is 286 g/mol. The van der Waals surface area contributed by atoms with Crippen LogP contribution in [0, 0.1) is 6.92 Å². The number of aromatic nitrogens is 1. The Labute approximate surface area is 117 Å². The van der Waals surface area contributed by atoms with Crippen molar-refractivity contribution in [3.05, 3.63) is 52.4 Å². The molecule has 19 heavy (non-hydrogen) atoms. The highest BCUT2D eigenvalue weighted by Gasteiger charge is 2.26. The molecule has 0 aliphatic carbocycles. The monoisotopic (exact) mass is 299 g/mol. The molecule has 0 fully saturated rings. The van der Waals surface area contributed by atoms with Crippen LogP contribution in [0.2, 0.25) is 5.02 Å². The molecule has 0 N–H and O–H groups in total. The van der Waals surface area contributed by atoms with E-state index in [9.17, 15) is 8.42 Å². The molecule has 0 amide bonds. The zero-order valence-electron chi connectivity index (χ0n) is 10.6. The average Bonchev–Trinajstić information content (AvgIpc) is 2.73. The molecule has 2 aromatic rings. The summed E-state index contributed by atoms with van der Waals surface area (Å²) in [6.07, 6.45) is 0. The highest BCUT2D eigenvalue weighted by atomic mass is 35.5. The summed E-state index contributed by atoms with van der Waals surface area (Å²) in [7, 11) is -3.39. The molecule has 0 aliphatic rings. The maximum absolute atomic E-state index is 12.3. The van der Waals surface area contributed by atoms with Crippen LogP contribution < -0.4 is 0 Å². The first-order valence-electron chi connectivity index (χ1n) is 5.78. The number of rotatable bonds is 4. The van der Waals surface area contributed by atoms with Gasteiger partial charge in [-0.1, -0.05) is 35.0 Å². The summed E-state index contributed by atoms with van der Waals surface area (Å²) in [5, 5.41) is 3.45. The van der Waals surface area contributed by atoms with Crippen molar-refractivity contribution in [2.45, 2.75) is 24.9 Å². The van der Waals surface area contributed by atoms with Gasteiger partial charge in [0.25, 0.3) is 0 Å². The first-order chi connectivity index (χ1) is 8.90. The lowest BCUT2D eigenvalue weighted by Gasteiger charge is -2.13. The van der Waals surface area contributed by atoms with Crippen molar-refractivity contribution in [3.8, 4) is 0 Å². The van der Waals surface area contributed by atoms with Gasteiger partial charge < -0.3 is 4.52 Å². The molecule has 1 heterocycles. The van der Waals surface area contributed by atoms with E-state index in [4.69, 9.17) is 16.1 Å². The van der Waals surface area contributed by atoms with Crippen LogP contribution in [0.25, 0.3) is 0 Å². The SMILES string of the molecule is Cc1cc(CS(=O)(=O)[C@@H](C)c2ccccc2Cl)on1. The standard InChI is InChI=1S/C13H14ClNO3S/c1-9-7-11(18-15-9)8-19(16,17)10(2)12-5-3-4-6-13(12)14/h3-7,10H,8H2,1-2H3/t10-/m0/s1. The van der Waals surface area contributed by atoms with Crippen molar-refractivity contribution in [1.29, 1.82) is 0 Å². The molecular formula is C13H14ClNO3S. The zero-order chi connectivity index (χ0) is 14.0. The van der Waals surface area contributed by atoms with Gasteiger partial charge in [0, 0.05) is 11.1 Å². The van der Waals surface area contributed by atoms with E-state index in [-0.39, 0.29) is 5.75 Å². The van der Waals surface area contributed by atoms with E-state index in [0.717, 1.165) is 0 Å². The predicted octanol–water partition coefficient (Wildman–Crippen LogP) is 3.31. The minimum Gasteiger partial charge on any atom is -0.360 e. The molecule has 2 rings (SSSR count). The largest absolute Gasteiger partial charge is 0.360 e. The minimum absolute atomic E-state index is 0.180. The molecule has 0 bridgehead atoms. The number of aryl methyl sites for hydroxylation is 1. The van der Waals surface area contributed by atoms with Crippen molar-refractivity contribution < 1.29 is 12.9 Å². The summed E-state index contributed by atoms with van der Waals surface area (Å²) in [4.78, 5) is 0. The Morgan fingerprint density at radius 2 is 2.05 bits per heavy atom. The Hall–Kier alpha value is -1.33. The molecule has 0 radical (unpaired) electrons. The van der Waals surface area contributed by atoms with Gasteiger partial charge in [-0.05, 0) is 25.5 Å². The summed E-state index contributed by atoms with van der Waals surface area (Å²) < 4.78 is 29.6.